The minimum atomic E-state index is -0.413. The molecule has 0 spiro atoms. The standard InChI is InChI=1S/C23H23N3O3/c1-14-8-15(2)21(16(3)9-14)26-22(27)18-11-20(13-24-12-18)25-19-7-5-6-17(10-19)23(28)29-4/h5-13,25H,1-4H3,(H,26,27). The van der Waals surface area contributed by atoms with Crippen LogP contribution in [-0.2, 0) is 4.74 Å². The van der Waals surface area contributed by atoms with Crippen LogP contribution in [0.2, 0.25) is 0 Å². The number of hydrogen-bond donors (Lipinski definition) is 2. The first kappa shape index (κ1) is 20.1. The topological polar surface area (TPSA) is 80.3 Å². The van der Waals surface area contributed by atoms with Gasteiger partial charge < -0.3 is 15.4 Å². The Balaban J connectivity index is 1.79. The molecule has 0 fully saturated rings. The smallest absolute Gasteiger partial charge is 0.337 e. The van der Waals surface area contributed by atoms with E-state index in [0.29, 0.717) is 22.5 Å². The third-order valence-corrected chi connectivity index (χ3v) is 4.49. The lowest BCUT2D eigenvalue weighted by atomic mass is 10.0. The number of rotatable bonds is 5. The van der Waals surface area contributed by atoms with E-state index in [4.69, 9.17) is 4.74 Å². The summed E-state index contributed by atoms with van der Waals surface area (Å²) in [4.78, 5) is 28.6. The van der Waals surface area contributed by atoms with Crippen LogP contribution in [0.15, 0.2) is 54.9 Å². The molecule has 0 aliphatic rings. The quantitative estimate of drug-likeness (QED) is 0.613. The lowest BCUT2D eigenvalue weighted by molar-refractivity contribution is 0.0600. The number of methoxy groups -OCH3 is 1. The van der Waals surface area contributed by atoms with Crippen LogP contribution in [0, 0.1) is 20.8 Å². The Hall–Kier alpha value is -3.67. The number of nitrogens with zero attached hydrogens (tertiary/aromatic N) is 1. The van der Waals surface area contributed by atoms with Crippen molar-refractivity contribution in [3.05, 3.63) is 82.7 Å². The van der Waals surface area contributed by atoms with E-state index in [0.717, 1.165) is 22.4 Å². The first-order valence-corrected chi connectivity index (χ1v) is 9.17. The van der Waals surface area contributed by atoms with Crippen molar-refractivity contribution in [2.75, 3.05) is 17.7 Å². The van der Waals surface area contributed by atoms with Gasteiger partial charge in [-0.2, -0.15) is 0 Å². The second-order valence-corrected chi connectivity index (χ2v) is 6.89. The van der Waals surface area contributed by atoms with E-state index in [9.17, 15) is 9.59 Å². The van der Waals surface area contributed by atoms with Gasteiger partial charge in [0.25, 0.3) is 5.91 Å². The van der Waals surface area contributed by atoms with Gasteiger partial charge in [-0.1, -0.05) is 23.8 Å². The zero-order chi connectivity index (χ0) is 21.0. The SMILES string of the molecule is COC(=O)c1cccc(Nc2cncc(C(=O)Nc3c(C)cc(C)cc3C)c2)c1. The Labute approximate surface area is 169 Å². The highest BCUT2D eigenvalue weighted by atomic mass is 16.5. The Kier molecular flexibility index (Phi) is 5.93. The molecule has 1 amide bonds. The van der Waals surface area contributed by atoms with Gasteiger partial charge in [-0.15, -0.1) is 0 Å². The number of benzene rings is 2. The molecule has 0 radical (unpaired) electrons. The van der Waals surface area contributed by atoms with E-state index >= 15 is 0 Å². The molecule has 6 nitrogen and oxygen atoms in total. The molecule has 2 aromatic carbocycles. The third-order valence-electron chi connectivity index (χ3n) is 4.49. The zero-order valence-corrected chi connectivity index (χ0v) is 16.9. The molecule has 1 heterocycles. The van der Waals surface area contributed by atoms with Crippen molar-refractivity contribution in [3.8, 4) is 0 Å². The minimum Gasteiger partial charge on any atom is -0.465 e. The fourth-order valence-electron chi connectivity index (χ4n) is 3.20. The van der Waals surface area contributed by atoms with Gasteiger partial charge in [0.15, 0.2) is 0 Å². The maximum absolute atomic E-state index is 12.8. The molecule has 0 unspecified atom stereocenters. The van der Waals surface area contributed by atoms with Gasteiger partial charge in [0.2, 0.25) is 0 Å². The van der Waals surface area contributed by atoms with Crippen LogP contribution in [0.3, 0.4) is 0 Å². The number of carbonyl (C=O) groups is 2. The molecule has 29 heavy (non-hydrogen) atoms. The van der Waals surface area contributed by atoms with Gasteiger partial charge in [-0.3, -0.25) is 9.78 Å². The van der Waals surface area contributed by atoms with Crippen molar-refractivity contribution >= 4 is 28.9 Å². The van der Waals surface area contributed by atoms with Crippen molar-refractivity contribution in [2.24, 2.45) is 0 Å². The number of anilines is 3. The highest BCUT2D eigenvalue weighted by molar-refractivity contribution is 6.05. The van der Waals surface area contributed by atoms with E-state index in [1.807, 2.05) is 39.0 Å². The van der Waals surface area contributed by atoms with E-state index in [1.165, 1.54) is 13.3 Å². The number of aromatic nitrogens is 1. The van der Waals surface area contributed by atoms with Crippen molar-refractivity contribution < 1.29 is 14.3 Å². The van der Waals surface area contributed by atoms with E-state index in [2.05, 4.69) is 15.6 Å². The maximum Gasteiger partial charge on any atom is 0.337 e. The largest absolute Gasteiger partial charge is 0.465 e. The number of aryl methyl sites for hydroxylation is 3. The van der Waals surface area contributed by atoms with Crippen molar-refractivity contribution in [1.82, 2.24) is 4.98 Å². The number of carbonyl (C=O) groups excluding carboxylic acids is 2. The van der Waals surface area contributed by atoms with Crippen LogP contribution >= 0.6 is 0 Å². The number of esters is 1. The molecule has 0 bridgehead atoms. The van der Waals surface area contributed by atoms with Crippen LogP contribution in [-0.4, -0.2) is 24.0 Å². The highest BCUT2D eigenvalue weighted by Gasteiger charge is 2.12. The van der Waals surface area contributed by atoms with Gasteiger partial charge in [0.1, 0.15) is 0 Å². The van der Waals surface area contributed by atoms with Crippen LogP contribution in [0.4, 0.5) is 17.1 Å². The third kappa shape index (κ3) is 4.79. The van der Waals surface area contributed by atoms with E-state index in [1.54, 1.807) is 30.5 Å². The molecule has 3 rings (SSSR count). The maximum atomic E-state index is 12.8. The van der Waals surface area contributed by atoms with Crippen molar-refractivity contribution in [1.29, 1.82) is 0 Å². The normalized spacial score (nSPS) is 10.3. The van der Waals surface area contributed by atoms with E-state index < -0.39 is 5.97 Å². The van der Waals surface area contributed by atoms with Gasteiger partial charge in [0.05, 0.1) is 30.1 Å². The molecule has 3 aromatic rings. The Morgan fingerprint density at radius 3 is 2.28 bits per heavy atom. The average Bonchev–Trinajstić information content (AvgIpc) is 2.70. The summed E-state index contributed by atoms with van der Waals surface area (Å²) < 4.78 is 4.74. The van der Waals surface area contributed by atoms with Gasteiger partial charge in [-0.05, 0) is 56.2 Å². The highest BCUT2D eigenvalue weighted by Crippen LogP contribution is 2.23. The minimum absolute atomic E-state index is 0.237. The molecule has 2 N–H and O–H groups in total. The average molecular weight is 389 g/mol. The second-order valence-electron chi connectivity index (χ2n) is 6.89. The Morgan fingerprint density at radius 2 is 1.59 bits per heavy atom. The molecule has 6 heteroatoms. The summed E-state index contributed by atoms with van der Waals surface area (Å²) in [6.45, 7) is 5.97. The first-order chi connectivity index (χ1) is 13.9. The van der Waals surface area contributed by atoms with Crippen LogP contribution < -0.4 is 10.6 Å². The number of ether oxygens (including phenoxy) is 1. The second kappa shape index (κ2) is 8.56. The summed E-state index contributed by atoms with van der Waals surface area (Å²) in [5, 5.41) is 6.14. The number of nitrogens with one attached hydrogen (secondary N) is 2. The monoisotopic (exact) mass is 389 g/mol. The van der Waals surface area contributed by atoms with Gasteiger partial charge in [-0.25, -0.2) is 4.79 Å². The summed E-state index contributed by atoms with van der Waals surface area (Å²) in [6.07, 6.45) is 3.13. The molecule has 0 aliphatic heterocycles. The molecule has 0 aliphatic carbocycles. The molecular formula is C23H23N3O3. The molecule has 0 saturated heterocycles. The molecular weight excluding hydrogens is 366 g/mol. The van der Waals surface area contributed by atoms with Crippen LogP contribution in [0.1, 0.15) is 37.4 Å². The summed E-state index contributed by atoms with van der Waals surface area (Å²) in [7, 11) is 1.34. The van der Waals surface area contributed by atoms with Gasteiger partial charge in [0, 0.05) is 17.6 Å². The fourth-order valence-corrected chi connectivity index (χ4v) is 3.20. The summed E-state index contributed by atoms with van der Waals surface area (Å²) in [5.41, 5.74) is 6.18. The number of hydrogen-bond acceptors (Lipinski definition) is 5. The lowest BCUT2D eigenvalue weighted by Gasteiger charge is -2.13. The van der Waals surface area contributed by atoms with E-state index in [-0.39, 0.29) is 5.91 Å². The Morgan fingerprint density at radius 1 is 0.897 bits per heavy atom. The predicted octanol–water partition coefficient (Wildman–Crippen LogP) is 4.79. The zero-order valence-electron chi connectivity index (χ0n) is 16.9. The van der Waals surface area contributed by atoms with Crippen molar-refractivity contribution in [3.63, 3.8) is 0 Å². The summed E-state index contributed by atoms with van der Waals surface area (Å²) in [5.74, 6) is -0.650. The fraction of sp³-hybridized carbons (Fsp3) is 0.174. The lowest BCUT2D eigenvalue weighted by Crippen LogP contribution is -2.14. The first-order valence-electron chi connectivity index (χ1n) is 9.17. The molecule has 1 aromatic heterocycles. The predicted molar refractivity (Wildman–Crippen MR) is 114 cm³/mol. The van der Waals surface area contributed by atoms with Crippen LogP contribution in [0.5, 0.6) is 0 Å². The summed E-state index contributed by atoms with van der Waals surface area (Å²) in [6, 6.07) is 12.7. The van der Waals surface area contributed by atoms with Crippen molar-refractivity contribution in [2.45, 2.75) is 20.8 Å². The van der Waals surface area contributed by atoms with Crippen LogP contribution in [0.25, 0.3) is 0 Å². The molecule has 0 saturated carbocycles. The summed E-state index contributed by atoms with van der Waals surface area (Å²) >= 11 is 0. The number of pyridine rings is 1. The Bertz CT molecular complexity index is 1050. The molecule has 0 atom stereocenters. The molecule has 148 valence electrons. The number of amides is 1. The van der Waals surface area contributed by atoms with Gasteiger partial charge >= 0.3 is 5.97 Å².